The highest BCUT2D eigenvalue weighted by molar-refractivity contribution is 7.97. The highest BCUT2D eigenvalue weighted by atomic mass is 35.5. The molecule has 36 heavy (non-hydrogen) atoms. The Kier molecular flexibility index (Phi) is 7.04. The molecule has 0 N–H and O–H groups in total. The number of anilines is 2. The van der Waals surface area contributed by atoms with E-state index in [0.29, 0.717) is 18.0 Å². The summed E-state index contributed by atoms with van der Waals surface area (Å²) in [5.41, 5.74) is 1.39. The number of nitrogens with zero attached hydrogens (tertiary/aromatic N) is 5. The van der Waals surface area contributed by atoms with Gasteiger partial charge in [0, 0.05) is 54.2 Å². The average molecular weight is 550 g/mol. The molecule has 5 nitrogen and oxygen atoms in total. The summed E-state index contributed by atoms with van der Waals surface area (Å²) < 4.78 is 41.6. The Morgan fingerprint density at radius 2 is 1.86 bits per heavy atom. The van der Waals surface area contributed by atoms with E-state index in [-0.39, 0.29) is 18.5 Å². The molecule has 5 rings (SSSR count). The van der Waals surface area contributed by atoms with Gasteiger partial charge in [-0.05, 0) is 48.2 Å². The highest BCUT2D eigenvalue weighted by Crippen LogP contribution is 2.37. The summed E-state index contributed by atoms with van der Waals surface area (Å²) in [6, 6.07) is 11.6. The van der Waals surface area contributed by atoms with Crippen LogP contribution in [0.25, 0.3) is 22.5 Å². The van der Waals surface area contributed by atoms with Gasteiger partial charge in [0.1, 0.15) is 11.5 Å². The predicted octanol–water partition coefficient (Wildman–Crippen LogP) is 7.70. The molecule has 3 aromatic heterocycles. The molecular formula is C25H23ClF3N5S2. The van der Waals surface area contributed by atoms with Crippen molar-refractivity contribution < 1.29 is 13.2 Å². The van der Waals surface area contributed by atoms with E-state index in [1.54, 1.807) is 11.3 Å². The quantitative estimate of drug-likeness (QED) is 0.230. The second kappa shape index (κ2) is 10.1. The van der Waals surface area contributed by atoms with Crippen LogP contribution in [-0.4, -0.2) is 44.3 Å². The molecule has 1 aliphatic heterocycles. The lowest BCUT2D eigenvalue weighted by Crippen LogP contribution is -2.25. The number of aryl methyl sites for hydroxylation is 1. The van der Waals surface area contributed by atoms with Crippen LogP contribution in [-0.2, 0) is 6.42 Å². The maximum Gasteiger partial charge on any atom is 0.456 e. The van der Waals surface area contributed by atoms with Gasteiger partial charge in [0.15, 0.2) is 5.13 Å². The van der Waals surface area contributed by atoms with E-state index in [0.717, 1.165) is 51.1 Å². The second-order valence-corrected chi connectivity index (χ2v) is 10.8. The van der Waals surface area contributed by atoms with Crippen molar-refractivity contribution >= 4 is 57.1 Å². The largest absolute Gasteiger partial charge is 0.456 e. The first-order valence-corrected chi connectivity index (χ1v) is 13.4. The fourth-order valence-electron chi connectivity index (χ4n) is 4.27. The monoisotopic (exact) mass is 549 g/mol. The number of fused-ring (bicyclic) bond motifs is 1. The third kappa shape index (κ3) is 5.27. The molecule has 0 bridgehead atoms. The standard InChI is InChI=1S/C25H23ClF3N5S2/c1-3-20-23(32(2)24-31-21(15-35-24)17-4-7-19(26)8-5-17)34-14-18(6-9-22(34)30-20)16-10-12-33(13-11-16)36-25(27,28)29/h4-10,14-15H,3,11-13H2,1-2H3. The first-order valence-electron chi connectivity index (χ1n) is 11.4. The maximum atomic E-state index is 12.7. The van der Waals surface area contributed by atoms with Gasteiger partial charge >= 0.3 is 5.51 Å². The molecular weight excluding hydrogens is 527 g/mol. The molecule has 0 atom stereocenters. The number of hydrogen-bond acceptors (Lipinski definition) is 6. The summed E-state index contributed by atoms with van der Waals surface area (Å²) in [4.78, 5) is 11.7. The first kappa shape index (κ1) is 25.1. The number of benzene rings is 1. The molecule has 0 unspecified atom stereocenters. The van der Waals surface area contributed by atoms with Gasteiger partial charge in [-0.1, -0.05) is 36.7 Å². The van der Waals surface area contributed by atoms with Crippen LogP contribution in [0.15, 0.2) is 54.1 Å². The fourth-order valence-corrected chi connectivity index (χ4v) is 5.82. The predicted molar refractivity (Wildman–Crippen MR) is 143 cm³/mol. The van der Waals surface area contributed by atoms with Gasteiger partial charge in [0.2, 0.25) is 0 Å². The molecule has 0 radical (unpaired) electrons. The SMILES string of the molecule is CCc1nc2ccc(C3=CCN(SC(F)(F)F)CC3)cn2c1N(C)c1nc(-c2ccc(Cl)cc2)cs1. The third-order valence-corrected chi connectivity index (χ3v) is 7.98. The number of hydrogen-bond donors (Lipinski definition) is 0. The van der Waals surface area contributed by atoms with Crippen LogP contribution in [0, 0.1) is 0 Å². The average Bonchev–Trinajstić information content (AvgIpc) is 3.48. The summed E-state index contributed by atoms with van der Waals surface area (Å²) in [5.74, 6) is 0.928. The smallest absolute Gasteiger partial charge is 0.305 e. The minimum absolute atomic E-state index is 0.0567. The first-order chi connectivity index (χ1) is 17.2. The van der Waals surface area contributed by atoms with Crippen LogP contribution < -0.4 is 4.90 Å². The molecule has 11 heteroatoms. The molecule has 0 spiro atoms. The van der Waals surface area contributed by atoms with Crippen molar-refractivity contribution in [1.29, 1.82) is 0 Å². The Hall–Kier alpha value is -2.53. The van der Waals surface area contributed by atoms with Crippen molar-refractivity contribution in [3.05, 3.63) is 70.3 Å². The van der Waals surface area contributed by atoms with Gasteiger partial charge in [0.05, 0.1) is 11.4 Å². The van der Waals surface area contributed by atoms with Crippen LogP contribution >= 0.6 is 34.9 Å². The van der Waals surface area contributed by atoms with E-state index in [1.165, 1.54) is 4.31 Å². The number of rotatable bonds is 6. The summed E-state index contributed by atoms with van der Waals surface area (Å²) in [6.45, 7) is 2.66. The number of alkyl halides is 3. The van der Waals surface area contributed by atoms with Crippen LogP contribution in [0.2, 0.25) is 5.02 Å². The Morgan fingerprint density at radius 3 is 2.53 bits per heavy atom. The summed E-state index contributed by atoms with van der Waals surface area (Å²) in [7, 11) is 1.98. The van der Waals surface area contributed by atoms with Crippen molar-refractivity contribution in [2.24, 2.45) is 0 Å². The lowest BCUT2D eigenvalue weighted by Gasteiger charge is -2.26. The number of pyridine rings is 1. The molecule has 0 amide bonds. The summed E-state index contributed by atoms with van der Waals surface area (Å²) >= 11 is 7.52. The van der Waals surface area contributed by atoms with E-state index in [9.17, 15) is 13.2 Å². The Balaban J connectivity index is 1.45. The van der Waals surface area contributed by atoms with Crippen LogP contribution in [0.1, 0.15) is 24.6 Å². The number of thiazole rings is 1. The number of halogens is 4. The normalized spacial score (nSPS) is 14.9. The maximum absolute atomic E-state index is 12.7. The molecule has 0 aliphatic carbocycles. The van der Waals surface area contributed by atoms with Gasteiger partial charge in [-0.15, -0.1) is 11.3 Å². The molecule has 188 valence electrons. The van der Waals surface area contributed by atoms with Gasteiger partial charge in [0.25, 0.3) is 0 Å². The van der Waals surface area contributed by atoms with E-state index in [2.05, 4.69) is 11.3 Å². The molecule has 0 saturated carbocycles. The van der Waals surface area contributed by atoms with E-state index >= 15 is 0 Å². The van der Waals surface area contributed by atoms with Crippen LogP contribution in [0.5, 0.6) is 0 Å². The number of aromatic nitrogens is 3. The molecule has 1 aromatic carbocycles. The zero-order valence-electron chi connectivity index (χ0n) is 19.6. The summed E-state index contributed by atoms with van der Waals surface area (Å²) in [5, 5.41) is 3.53. The van der Waals surface area contributed by atoms with Crippen molar-refractivity contribution in [2.45, 2.75) is 25.3 Å². The Morgan fingerprint density at radius 1 is 1.11 bits per heavy atom. The second-order valence-electron chi connectivity index (χ2n) is 8.37. The van der Waals surface area contributed by atoms with Crippen LogP contribution in [0.4, 0.5) is 24.1 Å². The molecule has 1 aliphatic rings. The Bertz CT molecular complexity index is 1410. The van der Waals surface area contributed by atoms with Gasteiger partial charge in [-0.2, -0.15) is 13.2 Å². The lowest BCUT2D eigenvalue weighted by atomic mass is 10.0. The van der Waals surface area contributed by atoms with Gasteiger partial charge in [-0.3, -0.25) is 4.40 Å². The minimum atomic E-state index is -4.26. The molecule has 4 heterocycles. The Labute approximate surface area is 220 Å². The molecule has 4 aromatic rings. The van der Waals surface area contributed by atoms with Crippen molar-refractivity contribution in [3.63, 3.8) is 0 Å². The minimum Gasteiger partial charge on any atom is -0.305 e. The molecule has 0 saturated heterocycles. The van der Waals surface area contributed by atoms with Crippen molar-refractivity contribution in [3.8, 4) is 11.3 Å². The van der Waals surface area contributed by atoms with E-state index in [1.807, 2.05) is 66.0 Å². The van der Waals surface area contributed by atoms with Crippen molar-refractivity contribution in [2.75, 3.05) is 25.0 Å². The zero-order valence-corrected chi connectivity index (χ0v) is 22.0. The van der Waals surface area contributed by atoms with E-state index in [4.69, 9.17) is 21.6 Å². The summed E-state index contributed by atoms with van der Waals surface area (Å²) in [6.07, 6.45) is 5.20. The number of imidazole rings is 1. The third-order valence-electron chi connectivity index (χ3n) is 6.01. The highest BCUT2D eigenvalue weighted by Gasteiger charge is 2.33. The van der Waals surface area contributed by atoms with Crippen molar-refractivity contribution in [1.82, 2.24) is 18.7 Å². The van der Waals surface area contributed by atoms with Gasteiger partial charge < -0.3 is 4.90 Å². The zero-order chi connectivity index (χ0) is 25.4. The topological polar surface area (TPSA) is 36.7 Å². The fraction of sp³-hybridized carbons (Fsp3) is 0.280. The van der Waals surface area contributed by atoms with Crippen LogP contribution in [0.3, 0.4) is 0 Å². The van der Waals surface area contributed by atoms with E-state index < -0.39 is 5.51 Å². The molecule has 0 fully saturated rings. The van der Waals surface area contributed by atoms with Gasteiger partial charge in [-0.25, -0.2) is 14.3 Å². The lowest BCUT2D eigenvalue weighted by molar-refractivity contribution is -0.0361.